The van der Waals surface area contributed by atoms with Crippen LogP contribution >= 0.6 is 0 Å². The lowest BCUT2D eigenvalue weighted by molar-refractivity contribution is -0.132. The smallest absolute Gasteiger partial charge is 0.226 e. The molecular formula is C15H21NO4S. The van der Waals surface area contributed by atoms with Gasteiger partial charge in [0.2, 0.25) is 5.91 Å². The second kappa shape index (κ2) is 6.47. The average molecular weight is 311 g/mol. The molecule has 21 heavy (non-hydrogen) atoms. The highest BCUT2D eigenvalue weighted by Crippen LogP contribution is 2.17. The lowest BCUT2D eigenvalue weighted by Gasteiger charge is -2.23. The molecule has 0 aliphatic carbocycles. The van der Waals surface area contributed by atoms with Crippen LogP contribution in [0.4, 0.5) is 0 Å². The van der Waals surface area contributed by atoms with Crippen LogP contribution in [0.1, 0.15) is 18.4 Å². The minimum absolute atomic E-state index is 0.0774. The molecule has 0 spiro atoms. The maximum Gasteiger partial charge on any atom is 0.226 e. The predicted octanol–water partition coefficient (Wildman–Crippen LogP) is 1.41. The summed E-state index contributed by atoms with van der Waals surface area (Å²) in [6.45, 7) is 2.28. The van der Waals surface area contributed by atoms with E-state index >= 15 is 0 Å². The van der Waals surface area contributed by atoms with Crippen LogP contribution in [0.3, 0.4) is 0 Å². The van der Waals surface area contributed by atoms with Gasteiger partial charge in [0.05, 0.1) is 24.5 Å². The van der Waals surface area contributed by atoms with Crippen molar-refractivity contribution in [1.82, 2.24) is 4.90 Å². The maximum atomic E-state index is 12.0. The molecule has 0 aromatic heterocycles. The van der Waals surface area contributed by atoms with E-state index in [1.807, 2.05) is 31.2 Å². The first-order valence-corrected chi connectivity index (χ1v) is 8.85. The fourth-order valence-electron chi connectivity index (χ4n) is 2.42. The van der Waals surface area contributed by atoms with Gasteiger partial charge in [-0.05, 0) is 31.0 Å². The molecule has 1 amide bonds. The van der Waals surface area contributed by atoms with Crippen LogP contribution in [-0.4, -0.2) is 50.4 Å². The maximum absolute atomic E-state index is 12.0. The summed E-state index contributed by atoms with van der Waals surface area (Å²) in [5, 5.41) is 0. The van der Waals surface area contributed by atoms with Crippen LogP contribution in [0.5, 0.6) is 5.75 Å². The summed E-state index contributed by atoms with van der Waals surface area (Å²) < 4.78 is 28.4. The van der Waals surface area contributed by atoms with Gasteiger partial charge in [-0.2, -0.15) is 0 Å². The number of sulfone groups is 1. The van der Waals surface area contributed by atoms with Gasteiger partial charge in [0.15, 0.2) is 9.84 Å². The molecule has 1 heterocycles. The Morgan fingerprint density at radius 3 is 2.81 bits per heavy atom. The summed E-state index contributed by atoms with van der Waals surface area (Å²) >= 11 is 0. The highest BCUT2D eigenvalue weighted by atomic mass is 32.2. The molecule has 1 aliphatic heterocycles. The number of carbonyl (C=O) groups excluding carboxylic acids is 1. The van der Waals surface area contributed by atoms with Gasteiger partial charge in [0.1, 0.15) is 5.75 Å². The lowest BCUT2D eigenvalue weighted by atomic mass is 10.2. The zero-order valence-electron chi connectivity index (χ0n) is 12.4. The number of nitrogens with zero attached hydrogens (tertiary/aromatic N) is 1. The normalized spacial score (nSPS) is 20.2. The Morgan fingerprint density at radius 1 is 1.43 bits per heavy atom. The second-order valence-electron chi connectivity index (χ2n) is 5.48. The minimum atomic E-state index is -2.97. The molecule has 1 unspecified atom stereocenters. The lowest BCUT2D eigenvalue weighted by Crippen LogP contribution is -2.38. The number of rotatable bonds is 5. The monoisotopic (exact) mass is 311 g/mol. The van der Waals surface area contributed by atoms with Crippen molar-refractivity contribution in [2.75, 3.05) is 25.2 Å². The van der Waals surface area contributed by atoms with E-state index in [1.165, 1.54) is 0 Å². The van der Waals surface area contributed by atoms with Crippen molar-refractivity contribution in [3.63, 3.8) is 0 Å². The van der Waals surface area contributed by atoms with Crippen LogP contribution in [0, 0.1) is 6.92 Å². The Labute approximate surface area is 125 Å². The fourth-order valence-corrected chi connectivity index (χ4v) is 4.20. The van der Waals surface area contributed by atoms with E-state index in [-0.39, 0.29) is 29.9 Å². The Bertz CT molecular complexity index is 612. The predicted molar refractivity (Wildman–Crippen MR) is 81.1 cm³/mol. The number of aryl methyl sites for hydroxylation is 1. The second-order valence-corrected chi connectivity index (χ2v) is 7.71. The summed E-state index contributed by atoms with van der Waals surface area (Å²) in [5.74, 6) is 0.918. The molecule has 1 aliphatic rings. The molecule has 6 heteroatoms. The van der Waals surface area contributed by atoms with Gasteiger partial charge in [-0.3, -0.25) is 4.79 Å². The standard InChI is InChI=1S/C15H21NO4S/c1-12-4-3-5-14(10-12)20-8-6-15(17)16(2)13-7-9-21(18,19)11-13/h3-5,10,13H,6-9,11H2,1-2H3. The number of hydrogen-bond donors (Lipinski definition) is 0. The van der Waals surface area contributed by atoms with Crippen molar-refractivity contribution in [3.8, 4) is 5.75 Å². The highest BCUT2D eigenvalue weighted by molar-refractivity contribution is 7.91. The first-order chi connectivity index (χ1) is 9.87. The molecule has 1 atom stereocenters. The third-order valence-electron chi connectivity index (χ3n) is 3.72. The van der Waals surface area contributed by atoms with Crippen LogP contribution in [0.2, 0.25) is 0 Å². The third kappa shape index (κ3) is 4.46. The zero-order chi connectivity index (χ0) is 15.5. The number of amides is 1. The van der Waals surface area contributed by atoms with Crippen LogP contribution in [0.25, 0.3) is 0 Å². The van der Waals surface area contributed by atoms with E-state index in [2.05, 4.69) is 0 Å². The van der Waals surface area contributed by atoms with Crippen molar-refractivity contribution >= 4 is 15.7 Å². The van der Waals surface area contributed by atoms with E-state index < -0.39 is 9.84 Å². The number of ether oxygens (including phenoxy) is 1. The van der Waals surface area contributed by atoms with Crippen LogP contribution < -0.4 is 4.74 Å². The first kappa shape index (κ1) is 15.8. The van der Waals surface area contributed by atoms with Crippen LogP contribution in [-0.2, 0) is 14.6 Å². The molecule has 0 N–H and O–H groups in total. The van der Waals surface area contributed by atoms with Crippen molar-refractivity contribution in [2.24, 2.45) is 0 Å². The summed E-state index contributed by atoms with van der Waals surface area (Å²) in [5.41, 5.74) is 1.10. The first-order valence-electron chi connectivity index (χ1n) is 7.03. The summed E-state index contributed by atoms with van der Waals surface area (Å²) in [6, 6.07) is 7.46. The Hall–Kier alpha value is -1.56. The van der Waals surface area contributed by atoms with Crippen molar-refractivity contribution < 1.29 is 17.9 Å². The number of benzene rings is 1. The third-order valence-corrected chi connectivity index (χ3v) is 5.47. The van der Waals surface area contributed by atoms with Gasteiger partial charge in [-0.1, -0.05) is 12.1 Å². The van der Waals surface area contributed by atoms with Crippen molar-refractivity contribution in [2.45, 2.75) is 25.8 Å². The van der Waals surface area contributed by atoms with Gasteiger partial charge in [-0.25, -0.2) is 8.42 Å². The molecule has 1 fully saturated rings. The molecule has 5 nitrogen and oxygen atoms in total. The Balaban J connectivity index is 1.79. The van der Waals surface area contributed by atoms with E-state index in [9.17, 15) is 13.2 Å². The molecule has 1 saturated heterocycles. The van der Waals surface area contributed by atoms with E-state index in [0.29, 0.717) is 13.0 Å². The van der Waals surface area contributed by atoms with Gasteiger partial charge in [0, 0.05) is 13.1 Å². The molecule has 1 aromatic carbocycles. The Kier molecular flexibility index (Phi) is 4.88. The number of carbonyl (C=O) groups is 1. The SMILES string of the molecule is Cc1cccc(OCCC(=O)N(C)C2CCS(=O)(=O)C2)c1. The molecule has 1 aromatic rings. The van der Waals surface area contributed by atoms with Gasteiger partial charge in [0.25, 0.3) is 0 Å². The molecule has 0 radical (unpaired) electrons. The van der Waals surface area contributed by atoms with E-state index in [1.54, 1.807) is 11.9 Å². The topological polar surface area (TPSA) is 63.7 Å². The summed E-state index contributed by atoms with van der Waals surface area (Å²) in [7, 11) is -1.30. The van der Waals surface area contributed by atoms with Crippen molar-refractivity contribution in [3.05, 3.63) is 29.8 Å². The van der Waals surface area contributed by atoms with Crippen LogP contribution in [0.15, 0.2) is 24.3 Å². The molecule has 0 saturated carbocycles. The van der Waals surface area contributed by atoms with Crippen molar-refractivity contribution in [1.29, 1.82) is 0 Å². The molecule has 2 rings (SSSR count). The average Bonchev–Trinajstić information content (AvgIpc) is 2.78. The van der Waals surface area contributed by atoms with E-state index in [0.717, 1.165) is 11.3 Å². The molecule has 116 valence electrons. The quantitative estimate of drug-likeness (QED) is 0.825. The number of hydrogen-bond acceptors (Lipinski definition) is 4. The zero-order valence-corrected chi connectivity index (χ0v) is 13.2. The van der Waals surface area contributed by atoms with E-state index in [4.69, 9.17) is 4.74 Å². The summed E-state index contributed by atoms with van der Waals surface area (Å²) in [6.07, 6.45) is 0.782. The molecule has 0 bridgehead atoms. The fraction of sp³-hybridized carbons (Fsp3) is 0.533. The highest BCUT2D eigenvalue weighted by Gasteiger charge is 2.32. The minimum Gasteiger partial charge on any atom is -0.493 e. The Morgan fingerprint density at radius 2 is 2.19 bits per heavy atom. The van der Waals surface area contributed by atoms with Gasteiger partial charge >= 0.3 is 0 Å². The largest absolute Gasteiger partial charge is 0.493 e. The van der Waals surface area contributed by atoms with Gasteiger partial charge in [-0.15, -0.1) is 0 Å². The van der Waals surface area contributed by atoms with Gasteiger partial charge < -0.3 is 9.64 Å². The summed E-state index contributed by atoms with van der Waals surface area (Å²) in [4.78, 5) is 13.6. The molecular weight excluding hydrogens is 290 g/mol.